The zero-order chi connectivity index (χ0) is 16.0. The Kier molecular flexibility index (Phi) is 6.10. The van der Waals surface area contributed by atoms with Gasteiger partial charge in [0.15, 0.2) is 0 Å². The maximum absolute atomic E-state index is 11.9. The Morgan fingerprint density at radius 1 is 1.38 bits per heavy atom. The number of rotatable bonds is 7. The van der Waals surface area contributed by atoms with Gasteiger partial charge in [-0.2, -0.15) is 0 Å². The number of carbonyl (C=O) groups is 1. The quantitative estimate of drug-likeness (QED) is 0.588. The molecule has 0 aromatic heterocycles. The van der Waals surface area contributed by atoms with Crippen LogP contribution in [0.25, 0.3) is 0 Å². The van der Waals surface area contributed by atoms with Crippen LogP contribution in [-0.4, -0.2) is 50.0 Å². The van der Waals surface area contributed by atoms with Crippen LogP contribution in [-0.2, 0) is 0 Å². The van der Waals surface area contributed by atoms with E-state index in [1.54, 1.807) is 26.2 Å². The maximum atomic E-state index is 11.9. The lowest BCUT2D eigenvalue weighted by atomic mass is 10.1. The third-order valence-corrected chi connectivity index (χ3v) is 3.04. The molecule has 7 nitrogen and oxygen atoms in total. The van der Waals surface area contributed by atoms with Gasteiger partial charge in [0.05, 0.1) is 4.92 Å². The maximum Gasteiger partial charge on any atom is 0.293 e. The number of hydrogen-bond donors (Lipinski definition) is 2. The van der Waals surface area contributed by atoms with E-state index >= 15 is 0 Å². The van der Waals surface area contributed by atoms with Gasteiger partial charge in [0.1, 0.15) is 5.69 Å². The lowest BCUT2D eigenvalue weighted by Crippen LogP contribution is -2.23. The van der Waals surface area contributed by atoms with Crippen molar-refractivity contribution in [3.63, 3.8) is 0 Å². The summed E-state index contributed by atoms with van der Waals surface area (Å²) in [5, 5.41) is 17.3. The van der Waals surface area contributed by atoms with Gasteiger partial charge in [-0.15, -0.1) is 0 Å². The number of hydrogen-bond acceptors (Lipinski definition) is 5. The van der Waals surface area contributed by atoms with Crippen molar-refractivity contribution < 1.29 is 9.72 Å². The minimum absolute atomic E-state index is 0.0839. The third-order valence-electron chi connectivity index (χ3n) is 3.04. The summed E-state index contributed by atoms with van der Waals surface area (Å²) < 4.78 is 0. The molecule has 7 heteroatoms. The predicted octanol–water partition coefficient (Wildman–Crippen LogP) is 1.56. The Morgan fingerprint density at radius 2 is 2.05 bits per heavy atom. The fraction of sp³-hybridized carbons (Fsp3) is 0.500. The van der Waals surface area contributed by atoms with Crippen LogP contribution in [0.4, 0.5) is 11.4 Å². The minimum atomic E-state index is -0.475. The first-order valence-corrected chi connectivity index (χ1v) is 6.75. The van der Waals surface area contributed by atoms with E-state index in [1.807, 2.05) is 14.0 Å². The van der Waals surface area contributed by atoms with E-state index in [9.17, 15) is 14.9 Å². The monoisotopic (exact) mass is 294 g/mol. The van der Waals surface area contributed by atoms with Gasteiger partial charge >= 0.3 is 0 Å². The molecule has 0 bridgehead atoms. The third kappa shape index (κ3) is 4.71. The second-order valence-electron chi connectivity index (χ2n) is 5.23. The highest BCUT2D eigenvalue weighted by atomic mass is 16.6. The largest absolute Gasteiger partial charge is 0.379 e. The number of carbonyl (C=O) groups excluding carboxylic acids is 1. The molecule has 0 aliphatic heterocycles. The van der Waals surface area contributed by atoms with Crippen LogP contribution in [0, 0.1) is 16.0 Å². The second-order valence-corrected chi connectivity index (χ2v) is 5.23. The molecule has 1 unspecified atom stereocenters. The van der Waals surface area contributed by atoms with E-state index in [4.69, 9.17) is 0 Å². The molecule has 21 heavy (non-hydrogen) atoms. The van der Waals surface area contributed by atoms with Crippen molar-refractivity contribution in [3.8, 4) is 0 Å². The van der Waals surface area contributed by atoms with E-state index in [0.717, 1.165) is 6.54 Å². The van der Waals surface area contributed by atoms with Crippen LogP contribution < -0.4 is 10.6 Å². The van der Waals surface area contributed by atoms with Crippen LogP contribution in [0.3, 0.4) is 0 Å². The first kappa shape index (κ1) is 16.9. The SMILES string of the molecule is CNCC(C)CNc1ccc(C(=O)N(C)C)cc1[N+](=O)[O-]. The number of nitrogens with zero attached hydrogens (tertiary/aromatic N) is 2. The molecule has 0 saturated carbocycles. The van der Waals surface area contributed by atoms with Crippen LogP contribution in [0.1, 0.15) is 17.3 Å². The van der Waals surface area contributed by atoms with Crippen molar-refractivity contribution in [2.24, 2.45) is 5.92 Å². The van der Waals surface area contributed by atoms with Gasteiger partial charge in [-0.05, 0) is 31.6 Å². The number of nitro groups is 1. The van der Waals surface area contributed by atoms with E-state index in [-0.39, 0.29) is 11.6 Å². The standard InChI is InChI=1S/C14H22N4O3/c1-10(8-15-2)9-16-12-6-5-11(14(19)17(3)4)7-13(12)18(20)21/h5-7,10,15-16H,8-9H2,1-4H3. The van der Waals surface area contributed by atoms with Crippen molar-refractivity contribution >= 4 is 17.3 Å². The highest BCUT2D eigenvalue weighted by Crippen LogP contribution is 2.26. The van der Waals surface area contributed by atoms with Crippen LogP contribution in [0.5, 0.6) is 0 Å². The van der Waals surface area contributed by atoms with Gasteiger partial charge in [0.25, 0.3) is 11.6 Å². The lowest BCUT2D eigenvalue weighted by Gasteiger charge is -2.14. The molecule has 1 rings (SSSR count). The number of benzene rings is 1. The average Bonchev–Trinajstić information content (AvgIpc) is 2.44. The Bertz CT molecular complexity index is 517. The fourth-order valence-electron chi connectivity index (χ4n) is 1.93. The Balaban J connectivity index is 2.95. The van der Waals surface area contributed by atoms with Gasteiger partial charge in [-0.3, -0.25) is 14.9 Å². The number of anilines is 1. The summed E-state index contributed by atoms with van der Waals surface area (Å²) >= 11 is 0. The number of nitrogens with one attached hydrogen (secondary N) is 2. The van der Waals surface area contributed by atoms with Crippen molar-refractivity contribution in [2.45, 2.75) is 6.92 Å². The second kappa shape index (κ2) is 7.58. The molecule has 0 aliphatic carbocycles. The van der Waals surface area contributed by atoms with E-state index < -0.39 is 4.92 Å². The molecule has 1 aromatic rings. The van der Waals surface area contributed by atoms with E-state index in [2.05, 4.69) is 10.6 Å². The van der Waals surface area contributed by atoms with E-state index in [0.29, 0.717) is 23.7 Å². The summed E-state index contributed by atoms with van der Waals surface area (Å²) in [7, 11) is 5.08. The molecule has 116 valence electrons. The smallest absolute Gasteiger partial charge is 0.293 e. The molecule has 0 aliphatic rings. The first-order chi connectivity index (χ1) is 9.86. The van der Waals surface area contributed by atoms with Crippen LogP contribution in [0.2, 0.25) is 0 Å². The Labute approximate surface area is 124 Å². The minimum Gasteiger partial charge on any atom is -0.379 e. The molecule has 0 saturated heterocycles. The number of nitro benzene ring substituents is 1. The fourth-order valence-corrected chi connectivity index (χ4v) is 1.93. The average molecular weight is 294 g/mol. The summed E-state index contributed by atoms with van der Waals surface area (Å²) in [5.74, 6) is 0.0749. The van der Waals surface area contributed by atoms with Crippen LogP contribution >= 0.6 is 0 Å². The molecular weight excluding hydrogens is 272 g/mol. The van der Waals surface area contributed by atoms with Crippen molar-refractivity contribution in [1.82, 2.24) is 10.2 Å². The van der Waals surface area contributed by atoms with Gasteiger partial charge in [-0.25, -0.2) is 0 Å². The topological polar surface area (TPSA) is 87.5 Å². The summed E-state index contributed by atoms with van der Waals surface area (Å²) in [6.07, 6.45) is 0. The molecule has 0 heterocycles. The molecule has 1 aromatic carbocycles. The first-order valence-electron chi connectivity index (χ1n) is 6.75. The molecule has 0 fully saturated rings. The van der Waals surface area contributed by atoms with Gasteiger partial charge in [0.2, 0.25) is 0 Å². The Hall–Kier alpha value is -2.15. The number of amides is 1. The highest BCUT2D eigenvalue weighted by molar-refractivity contribution is 5.95. The molecule has 1 amide bonds. The normalized spacial score (nSPS) is 11.8. The summed E-state index contributed by atoms with van der Waals surface area (Å²) in [4.78, 5) is 23.9. The molecular formula is C14H22N4O3. The molecule has 0 spiro atoms. The zero-order valence-electron chi connectivity index (χ0n) is 12.8. The molecule has 1 atom stereocenters. The van der Waals surface area contributed by atoms with Crippen molar-refractivity contribution in [3.05, 3.63) is 33.9 Å². The van der Waals surface area contributed by atoms with E-state index in [1.165, 1.54) is 11.0 Å². The zero-order valence-corrected chi connectivity index (χ0v) is 12.8. The van der Waals surface area contributed by atoms with Crippen molar-refractivity contribution in [2.75, 3.05) is 39.5 Å². The predicted molar refractivity (Wildman–Crippen MR) is 82.7 cm³/mol. The lowest BCUT2D eigenvalue weighted by molar-refractivity contribution is -0.384. The molecule has 2 N–H and O–H groups in total. The molecule has 0 radical (unpaired) electrons. The van der Waals surface area contributed by atoms with Gasteiger partial charge in [0, 0.05) is 32.3 Å². The summed E-state index contributed by atoms with van der Waals surface area (Å²) in [5.41, 5.74) is 0.651. The van der Waals surface area contributed by atoms with Crippen LogP contribution in [0.15, 0.2) is 18.2 Å². The summed E-state index contributed by atoms with van der Waals surface area (Å²) in [6, 6.07) is 4.49. The van der Waals surface area contributed by atoms with Crippen molar-refractivity contribution in [1.29, 1.82) is 0 Å². The highest BCUT2D eigenvalue weighted by Gasteiger charge is 2.18. The van der Waals surface area contributed by atoms with Gasteiger partial charge in [-0.1, -0.05) is 6.92 Å². The van der Waals surface area contributed by atoms with Gasteiger partial charge < -0.3 is 15.5 Å². The Morgan fingerprint density at radius 3 is 2.57 bits per heavy atom. The summed E-state index contributed by atoms with van der Waals surface area (Å²) in [6.45, 7) is 3.47.